The fourth-order valence-corrected chi connectivity index (χ4v) is 1.88. The van der Waals surface area contributed by atoms with Gasteiger partial charge in [0.2, 0.25) is 0 Å². The maximum absolute atomic E-state index is 13.3. The van der Waals surface area contributed by atoms with Crippen LogP contribution in [0.2, 0.25) is 0 Å². The van der Waals surface area contributed by atoms with Crippen LogP contribution in [-0.4, -0.2) is 17.0 Å². The standard InChI is InChI=1S/C13H11F4N3/c1-18-12(11-7-19-4-5-20-11)8-2-3-10(14)9(6-8)13(15,16)17/h2-7,12,18H,1H3. The monoisotopic (exact) mass is 285 g/mol. The van der Waals surface area contributed by atoms with Crippen molar-refractivity contribution in [2.24, 2.45) is 0 Å². The Bertz CT molecular complexity index is 584. The fourth-order valence-electron chi connectivity index (χ4n) is 1.88. The lowest BCUT2D eigenvalue weighted by Gasteiger charge is -2.17. The van der Waals surface area contributed by atoms with Crippen molar-refractivity contribution in [2.45, 2.75) is 12.2 Å². The number of hydrogen-bond donors (Lipinski definition) is 1. The van der Waals surface area contributed by atoms with E-state index in [2.05, 4.69) is 15.3 Å². The average Bonchev–Trinajstić information content (AvgIpc) is 2.41. The highest BCUT2D eigenvalue weighted by Crippen LogP contribution is 2.33. The molecule has 0 bridgehead atoms. The van der Waals surface area contributed by atoms with E-state index in [1.54, 1.807) is 7.05 Å². The Morgan fingerprint density at radius 1 is 1.20 bits per heavy atom. The Morgan fingerprint density at radius 3 is 2.50 bits per heavy atom. The van der Waals surface area contributed by atoms with Crippen LogP contribution in [0.1, 0.15) is 22.9 Å². The van der Waals surface area contributed by atoms with Crippen LogP contribution < -0.4 is 5.32 Å². The Morgan fingerprint density at radius 2 is 1.95 bits per heavy atom. The van der Waals surface area contributed by atoms with Crippen molar-refractivity contribution in [1.29, 1.82) is 0 Å². The van der Waals surface area contributed by atoms with Gasteiger partial charge in [0.1, 0.15) is 5.82 Å². The van der Waals surface area contributed by atoms with E-state index >= 15 is 0 Å². The lowest BCUT2D eigenvalue weighted by atomic mass is 10.0. The van der Waals surface area contributed by atoms with Crippen LogP contribution in [-0.2, 0) is 6.18 Å². The van der Waals surface area contributed by atoms with Gasteiger partial charge in [0, 0.05) is 12.4 Å². The Balaban J connectivity index is 2.46. The second-order valence-corrected chi connectivity index (χ2v) is 4.09. The first-order valence-corrected chi connectivity index (χ1v) is 5.73. The number of benzene rings is 1. The van der Waals surface area contributed by atoms with Gasteiger partial charge in [-0.05, 0) is 24.7 Å². The molecule has 2 rings (SSSR count). The minimum Gasteiger partial charge on any atom is -0.308 e. The molecule has 0 aliphatic rings. The molecule has 1 N–H and O–H groups in total. The molecule has 0 amide bonds. The van der Waals surface area contributed by atoms with Crippen LogP contribution in [0.5, 0.6) is 0 Å². The van der Waals surface area contributed by atoms with Gasteiger partial charge in [0.25, 0.3) is 0 Å². The molecule has 106 valence electrons. The van der Waals surface area contributed by atoms with Gasteiger partial charge >= 0.3 is 6.18 Å². The molecule has 0 radical (unpaired) electrons. The molecule has 1 unspecified atom stereocenters. The van der Waals surface area contributed by atoms with Gasteiger partial charge < -0.3 is 5.32 Å². The van der Waals surface area contributed by atoms with Crippen LogP contribution >= 0.6 is 0 Å². The number of nitrogens with one attached hydrogen (secondary N) is 1. The van der Waals surface area contributed by atoms with Gasteiger partial charge in [-0.3, -0.25) is 9.97 Å². The first-order chi connectivity index (χ1) is 9.43. The third-order valence-electron chi connectivity index (χ3n) is 2.80. The van der Waals surface area contributed by atoms with E-state index < -0.39 is 23.6 Å². The molecule has 0 saturated heterocycles. The average molecular weight is 285 g/mol. The van der Waals surface area contributed by atoms with Gasteiger partial charge in [-0.15, -0.1) is 0 Å². The molecule has 0 saturated carbocycles. The molecule has 1 aromatic carbocycles. The summed E-state index contributed by atoms with van der Waals surface area (Å²) in [5, 5.41) is 2.84. The highest BCUT2D eigenvalue weighted by atomic mass is 19.4. The topological polar surface area (TPSA) is 37.8 Å². The first kappa shape index (κ1) is 14.4. The predicted octanol–water partition coefficient (Wildman–Crippen LogP) is 2.94. The summed E-state index contributed by atoms with van der Waals surface area (Å²) in [7, 11) is 1.58. The van der Waals surface area contributed by atoms with Gasteiger partial charge in [0.05, 0.1) is 23.5 Å². The quantitative estimate of drug-likeness (QED) is 0.881. The van der Waals surface area contributed by atoms with Gasteiger partial charge in [-0.25, -0.2) is 4.39 Å². The van der Waals surface area contributed by atoms with E-state index in [1.807, 2.05) is 0 Å². The number of alkyl halides is 3. The molecule has 2 aromatic rings. The molecule has 0 aliphatic carbocycles. The zero-order valence-electron chi connectivity index (χ0n) is 10.4. The largest absolute Gasteiger partial charge is 0.419 e. The molecule has 1 atom stereocenters. The number of rotatable bonds is 3. The second-order valence-electron chi connectivity index (χ2n) is 4.09. The van der Waals surface area contributed by atoms with Crippen molar-refractivity contribution < 1.29 is 17.6 Å². The van der Waals surface area contributed by atoms with Gasteiger partial charge in [-0.1, -0.05) is 6.07 Å². The smallest absolute Gasteiger partial charge is 0.308 e. The molecule has 3 nitrogen and oxygen atoms in total. The van der Waals surface area contributed by atoms with E-state index in [0.29, 0.717) is 5.69 Å². The van der Waals surface area contributed by atoms with Crippen molar-refractivity contribution in [3.63, 3.8) is 0 Å². The van der Waals surface area contributed by atoms with E-state index in [4.69, 9.17) is 0 Å². The van der Waals surface area contributed by atoms with Gasteiger partial charge in [0.15, 0.2) is 0 Å². The summed E-state index contributed by atoms with van der Waals surface area (Å²) in [5.41, 5.74) is -0.574. The van der Waals surface area contributed by atoms with Crippen molar-refractivity contribution in [3.05, 3.63) is 59.4 Å². The Hall–Kier alpha value is -2.02. The molecule has 0 fully saturated rings. The second kappa shape index (κ2) is 5.54. The third kappa shape index (κ3) is 2.93. The predicted molar refractivity (Wildman–Crippen MR) is 64.3 cm³/mol. The molecular weight excluding hydrogens is 274 g/mol. The molecule has 1 aromatic heterocycles. The zero-order valence-corrected chi connectivity index (χ0v) is 10.4. The summed E-state index contributed by atoms with van der Waals surface area (Å²) in [6, 6.07) is 2.29. The Labute approximate surface area is 112 Å². The number of aromatic nitrogens is 2. The lowest BCUT2D eigenvalue weighted by molar-refractivity contribution is -0.140. The van der Waals surface area contributed by atoms with E-state index in [-0.39, 0.29) is 5.56 Å². The molecule has 0 spiro atoms. The van der Waals surface area contributed by atoms with Crippen molar-refractivity contribution >= 4 is 0 Å². The summed E-state index contributed by atoms with van der Waals surface area (Å²) in [4.78, 5) is 7.91. The molecule has 0 aliphatic heterocycles. The maximum atomic E-state index is 13.3. The van der Waals surface area contributed by atoms with E-state index in [9.17, 15) is 17.6 Å². The van der Waals surface area contributed by atoms with Crippen LogP contribution in [0.4, 0.5) is 17.6 Å². The molecule has 7 heteroatoms. The normalized spacial score (nSPS) is 13.2. The van der Waals surface area contributed by atoms with Gasteiger partial charge in [-0.2, -0.15) is 13.2 Å². The minimum absolute atomic E-state index is 0.265. The van der Waals surface area contributed by atoms with Crippen LogP contribution in [0.15, 0.2) is 36.8 Å². The van der Waals surface area contributed by atoms with Crippen molar-refractivity contribution in [2.75, 3.05) is 7.05 Å². The maximum Gasteiger partial charge on any atom is 0.419 e. The van der Waals surface area contributed by atoms with E-state index in [1.165, 1.54) is 24.7 Å². The number of halogens is 4. The number of hydrogen-bond acceptors (Lipinski definition) is 3. The summed E-state index contributed by atoms with van der Waals surface area (Å²) >= 11 is 0. The van der Waals surface area contributed by atoms with E-state index in [0.717, 1.165) is 12.1 Å². The molecule has 1 heterocycles. The summed E-state index contributed by atoms with van der Waals surface area (Å²) in [6.45, 7) is 0. The summed E-state index contributed by atoms with van der Waals surface area (Å²) < 4.78 is 51.4. The summed E-state index contributed by atoms with van der Waals surface area (Å²) in [6.07, 6.45) is -0.394. The first-order valence-electron chi connectivity index (χ1n) is 5.73. The van der Waals surface area contributed by atoms with Crippen molar-refractivity contribution in [1.82, 2.24) is 15.3 Å². The lowest BCUT2D eigenvalue weighted by Crippen LogP contribution is -2.20. The SMILES string of the molecule is CNC(c1ccc(F)c(C(F)(F)F)c1)c1cnccn1. The highest BCUT2D eigenvalue weighted by Gasteiger charge is 2.34. The zero-order chi connectivity index (χ0) is 14.8. The molecular formula is C13H11F4N3. The summed E-state index contributed by atoms with van der Waals surface area (Å²) in [5.74, 6) is -1.30. The van der Waals surface area contributed by atoms with Crippen LogP contribution in [0.3, 0.4) is 0 Å². The fraction of sp³-hybridized carbons (Fsp3) is 0.231. The Kier molecular flexibility index (Phi) is 3.99. The molecule has 20 heavy (non-hydrogen) atoms. The van der Waals surface area contributed by atoms with Crippen molar-refractivity contribution in [3.8, 4) is 0 Å². The number of nitrogens with zero attached hydrogens (tertiary/aromatic N) is 2. The van der Waals surface area contributed by atoms with Crippen LogP contribution in [0, 0.1) is 5.82 Å². The minimum atomic E-state index is -4.74. The van der Waals surface area contributed by atoms with Crippen LogP contribution in [0.25, 0.3) is 0 Å². The third-order valence-corrected chi connectivity index (χ3v) is 2.80. The highest BCUT2D eigenvalue weighted by molar-refractivity contribution is 5.33.